The molecule has 2 aromatic heterocycles. The molecule has 0 bridgehead atoms. The second-order valence-corrected chi connectivity index (χ2v) is 7.73. The van der Waals surface area contributed by atoms with Gasteiger partial charge in [-0.15, -0.1) is 0 Å². The number of aryl methyl sites for hydroxylation is 1. The Balaban J connectivity index is 1.44. The van der Waals surface area contributed by atoms with Gasteiger partial charge in [0.25, 0.3) is 5.92 Å². The van der Waals surface area contributed by atoms with Crippen LogP contribution in [0.2, 0.25) is 0 Å². The molecule has 0 saturated carbocycles. The van der Waals surface area contributed by atoms with E-state index in [9.17, 15) is 13.6 Å². The van der Waals surface area contributed by atoms with Gasteiger partial charge >= 0.3 is 0 Å². The molecule has 0 unspecified atom stereocenters. The summed E-state index contributed by atoms with van der Waals surface area (Å²) in [4.78, 5) is 16.9. The van der Waals surface area contributed by atoms with Gasteiger partial charge in [-0.25, -0.2) is 8.78 Å². The number of carbonyl (C=O) groups excluding carboxylic acids is 1. The summed E-state index contributed by atoms with van der Waals surface area (Å²) >= 11 is 0. The number of hydrogen-bond donors (Lipinski definition) is 3. The SMILES string of the molecule is COc1ccc(C(C)(F)F)cc1CCC(=O)Nc1ccc(-c2nccc3[nH]nc(N)c23)cc1. The van der Waals surface area contributed by atoms with Gasteiger partial charge in [0.1, 0.15) is 5.75 Å². The number of aromatic nitrogens is 3. The van der Waals surface area contributed by atoms with E-state index in [1.807, 2.05) is 12.1 Å². The van der Waals surface area contributed by atoms with E-state index in [0.717, 1.165) is 23.4 Å². The van der Waals surface area contributed by atoms with Crippen LogP contribution >= 0.6 is 0 Å². The minimum atomic E-state index is -2.97. The molecule has 0 aliphatic carbocycles. The number of hydrogen-bond acceptors (Lipinski definition) is 5. The van der Waals surface area contributed by atoms with E-state index in [1.165, 1.54) is 25.3 Å². The summed E-state index contributed by atoms with van der Waals surface area (Å²) in [5.74, 6) is -2.37. The summed E-state index contributed by atoms with van der Waals surface area (Å²) in [5, 5.41) is 10.4. The monoisotopic (exact) mass is 451 g/mol. The number of methoxy groups -OCH3 is 1. The van der Waals surface area contributed by atoms with Crippen LogP contribution < -0.4 is 15.8 Å². The van der Waals surface area contributed by atoms with Gasteiger partial charge in [0.2, 0.25) is 5.91 Å². The Morgan fingerprint density at radius 1 is 1.18 bits per heavy atom. The number of nitrogens with two attached hydrogens (primary N) is 1. The number of ether oxygens (including phenoxy) is 1. The van der Waals surface area contributed by atoms with Gasteiger partial charge in [-0.1, -0.05) is 12.1 Å². The standard InChI is InChI=1S/C24H23F2N5O2/c1-24(25,26)16-6-9-19(33-2)15(13-16)5-10-20(32)29-17-7-3-14(4-8-17)22-21-18(11-12-28-22)30-31-23(21)27/h3-4,6-9,11-13H,5,10H2,1-2H3,(H,29,32)(H3,27,30,31). The molecule has 170 valence electrons. The number of pyridine rings is 1. The summed E-state index contributed by atoms with van der Waals surface area (Å²) < 4.78 is 32.6. The molecule has 0 radical (unpaired) electrons. The second kappa shape index (κ2) is 8.85. The van der Waals surface area contributed by atoms with E-state index >= 15 is 0 Å². The third kappa shape index (κ3) is 4.77. The molecule has 4 aromatic rings. The van der Waals surface area contributed by atoms with Crippen molar-refractivity contribution in [2.75, 3.05) is 18.2 Å². The fourth-order valence-corrected chi connectivity index (χ4v) is 3.64. The highest BCUT2D eigenvalue weighted by Crippen LogP contribution is 2.32. The Hall–Kier alpha value is -4.01. The minimum Gasteiger partial charge on any atom is -0.496 e. The number of halogens is 2. The maximum absolute atomic E-state index is 13.7. The average molecular weight is 451 g/mol. The first-order chi connectivity index (χ1) is 15.8. The molecule has 4 rings (SSSR count). The summed E-state index contributed by atoms with van der Waals surface area (Å²) in [5.41, 5.74) is 9.31. The van der Waals surface area contributed by atoms with Gasteiger partial charge in [0, 0.05) is 36.4 Å². The molecule has 2 aromatic carbocycles. The molecule has 0 spiro atoms. The molecule has 0 fully saturated rings. The van der Waals surface area contributed by atoms with Crippen LogP contribution in [0.4, 0.5) is 20.3 Å². The predicted octanol–water partition coefficient (Wildman–Crippen LogP) is 4.90. The number of alkyl halides is 2. The Labute approximate surface area is 189 Å². The van der Waals surface area contributed by atoms with E-state index < -0.39 is 5.92 Å². The summed E-state index contributed by atoms with van der Waals surface area (Å²) in [7, 11) is 1.47. The lowest BCUT2D eigenvalue weighted by Gasteiger charge is -2.15. The number of H-pyrrole nitrogens is 1. The highest BCUT2D eigenvalue weighted by molar-refractivity contribution is 6.00. The molecule has 4 N–H and O–H groups in total. The largest absolute Gasteiger partial charge is 0.496 e. The van der Waals surface area contributed by atoms with E-state index in [-0.39, 0.29) is 24.3 Å². The third-order valence-corrected chi connectivity index (χ3v) is 5.35. The van der Waals surface area contributed by atoms with Crippen molar-refractivity contribution in [1.29, 1.82) is 0 Å². The Kier molecular flexibility index (Phi) is 5.95. The zero-order valence-corrected chi connectivity index (χ0v) is 18.2. The first-order valence-corrected chi connectivity index (χ1v) is 10.3. The number of fused-ring (bicyclic) bond motifs is 1. The van der Waals surface area contributed by atoms with Crippen LogP contribution in [0.25, 0.3) is 22.2 Å². The lowest BCUT2D eigenvalue weighted by atomic mass is 10.0. The fourth-order valence-electron chi connectivity index (χ4n) is 3.64. The van der Waals surface area contributed by atoms with Crippen molar-refractivity contribution >= 4 is 28.3 Å². The van der Waals surface area contributed by atoms with Gasteiger partial charge in [-0.05, 0) is 48.4 Å². The number of amides is 1. The van der Waals surface area contributed by atoms with Crippen LogP contribution in [0, 0.1) is 0 Å². The van der Waals surface area contributed by atoms with Crippen LogP contribution in [0.1, 0.15) is 24.5 Å². The van der Waals surface area contributed by atoms with Crippen molar-refractivity contribution in [2.45, 2.75) is 25.7 Å². The fraction of sp³-hybridized carbons (Fsp3) is 0.208. The number of nitrogen functional groups attached to an aromatic ring is 1. The molecule has 0 aliphatic heterocycles. The zero-order chi connectivity index (χ0) is 23.6. The van der Waals surface area contributed by atoms with E-state index in [2.05, 4.69) is 20.5 Å². The average Bonchev–Trinajstić information content (AvgIpc) is 3.18. The van der Waals surface area contributed by atoms with Gasteiger partial charge < -0.3 is 15.8 Å². The molecular formula is C24H23F2N5O2. The summed E-state index contributed by atoms with van der Waals surface area (Å²) in [6.45, 7) is 0.839. The molecular weight excluding hydrogens is 428 g/mol. The van der Waals surface area contributed by atoms with E-state index in [0.29, 0.717) is 28.5 Å². The van der Waals surface area contributed by atoms with Crippen molar-refractivity contribution in [3.8, 4) is 17.0 Å². The van der Waals surface area contributed by atoms with Crippen molar-refractivity contribution in [1.82, 2.24) is 15.2 Å². The first-order valence-electron chi connectivity index (χ1n) is 10.3. The quantitative estimate of drug-likeness (QED) is 0.371. The number of rotatable bonds is 7. The van der Waals surface area contributed by atoms with Crippen LogP contribution in [0.15, 0.2) is 54.7 Å². The Bertz CT molecular complexity index is 1300. The zero-order valence-electron chi connectivity index (χ0n) is 18.2. The van der Waals surface area contributed by atoms with Gasteiger partial charge in [0.05, 0.1) is 23.7 Å². The van der Waals surface area contributed by atoms with E-state index in [4.69, 9.17) is 10.5 Å². The lowest BCUT2D eigenvalue weighted by molar-refractivity contribution is -0.116. The predicted molar refractivity (Wildman–Crippen MR) is 123 cm³/mol. The topological polar surface area (TPSA) is 106 Å². The molecule has 9 heteroatoms. The number of carbonyl (C=O) groups is 1. The molecule has 0 saturated heterocycles. The Morgan fingerprint density at radius 3 is 2.64 bits per heavy atom. The van der Waals surface area contributed by atoms with Crippen LogP contribution in [-0.4, -0.2) is 28.2 Å². The maximum Gasteiger partial charge on any atom is 0.270 e. The molecule has 0 atom stereocenters. The van der Waals surface area contributed by atoms with Crippen LogP contribution in [-0.2, 0) is 17.1 Å². The number of anilines is 2. The van der Waals surface area contributed by atoms with Crippen molar-refractivity contribution < 1.29 is 18.3 Å². The van der Waals surface area contributed by atoms with Crippen molar-refractivity contribution in [3.05, 3.63) is 65.9 Å². The molecule has 7 nitrogen and oxygen atoms in total. The van der Waals surface area contributed by atoms with Gasteiger partial charge in [-0.2, -0.15) is 5.10 Å². The molecule has 1 amide bonds. The molecule has 33 heavy (non-hydrogen) atoms. The number of nitrogens with one attached hydrogen (secondary N) is 2. The van der Waals surface area contributed by atoms with Crippen molar-refractivity contribution in [2.24, 2.45) is 0 Å². The van der Waals surface area contributed by atoms with Crippen LogP contribution in [0.3, 0.4) is 0 Å². The number of benzene rings is 2. The van der Waals surface area contributed by atoms with Crippen LogP contribution in [0.5, 0.6) is 5.75 Å². The Morgan fingerprint density at radius 2 is 1.94 bits per heavy atom. The second-order valence-electron chi connectivity index (χ2n) is 7.73. The maximum atomic E-state index is 13.7. The summed E-state index contributed by atoms with van der Waals surface area (Å²) in [6, 6.07) is 13.2. The molecule has 0 aliphatic rings. The third-order valence-electron chi connectivity index (χ3n) is 5.35. The highest BCUT2D eigenvalue weighted by Gasteiger charge is 2.25. The molecule has 2 heterocycles. The minimum absolute atomic E-state index is 0.114. The van der Waals surface area contributed by atoms with Gasteiger partial charge in [-0.3, -0.25) is 14.9 Å². The first kappa shape index (κ1) is 22.2. The normalized spacial score (nSPS) is 11.5. The number of nitrogens with zero attached hydrogens (tertiary/aromatic N) is 2. The smallest absolute Gasteiger partial charge is 0.270 e. The highest BCUT2D eigenvalue weighted by atomic mass is 19.3. The lowest BCUT2D eigenvalue weighted by Crippen LogP contribution is -2.13. The van der Waals surface area contributed by atoms with Gasteiger partial charge in [0.15, 0.2) is 5.82 Å². The number of aromatic amines is 1. The summed E-state index contributed by atoms with van der Waals surface area (Å²) in [6.07, 6.45) is 2.05. The van der Waals surface area contributed by atoms with Crippen molar-refractivity contribution in [3.63, 3.8) is 0 Å². The van der Waals surface area contributed by atoms with E-state index in [1.54, 1.807) is 24.4 Å².